The van der Waals surface area contributed by atoms with Gasteiger partial charge in [-0.3, -0.25) is 4.79 Å². The molecule has 0 bridgehead atoms. The monoisotopic (exact) mass is 232 g/mol. The number of carbonyl (C=O) groups is 1. The van der Waals surface area contributed by atoms with E-state index in [9.17, 15) is 4.79 Å². The smallest absolute Gasteiger partial charge is 0.266 e. The van der Waals surface area contributed by atoms with E-state index in [4.69, 9.17) is 4.84 Å². The summed E-state index contributed by atoms with van der Waals surface area (Å²) in [6, 6.07) is 9.80. The predicted molar refractivity (Wildman–Crippen MR) is 65.7 cm³/mol. The zero-order chi connectivity index (χ0) is 12.4. The highest BCUT2D eigenvalue weighted by Gasteiger charge is 2.37. The summed E-state index contributed by atoms with van der Waals surface area (Å²) in [5.41, 5.74) is 1.85. The van der Waals surface area contributed by atoms with Gasteiger partial charge in [0.05, 0.1) is 11.6 Å². The van der Waals surface area contributed by atoms with Crippen LogP contribution in [-0.2, 0) is 9.63 Å². The molecule has 0 saturated heterocycles. The molecule has 0 aliphatic carbocycles. The van der Waals surface area contributed by atoms with Crippen LogP contribution < -0.4 is 0 Å². The minimum absolute atomic E-state index is 0.0210. The van der Waals surface area contributed by atoms with E-state index in [2.05, 4.69) is 5.16 Å². The number of amides is 1. The van der Waals surface area contributed by atoms with E-state index in [1.54, 1.807) is 14.1 Å². The molecule has 1 aromatic rings. The first-order valence-electron chi connectivity index (χ1n) is 5.61. The Morgan fingerprint density at radius 2 is 1.94 bits per heavy atom. The van der Waals surface area contributed by atoms with E-state index in [0.717, 1.165) is 11.3 Å². The molecule has 4 nitrogen and oxygen atoms in total. The van der Waals surface area contributed by atoms with Crippen LogP contribution in [0.4, 0.5) is 0 Å². The zero-order valence-electron chi connectivity index (χ0n) is 10.3. The first-order chi connectivity index (χ1) is 8.11. The van der Waals surface area contributed by atoms with Crippen molar-refractivity contribution in [2.24, 2.45) is 11.1 Å². The summed E-state index contributed by atoms with van der Waals surface area (Å²) in [4.78, 5) is 18.6. The third kappa shape index (κ3) is 2.16. The number of rotatable bonds is 2. The number of hydrogen-bond donors (Lipinski definition) is 0. The predicted octanol–water partition coefficient (Wildman–Crippen LogP) is 1.51. The molecule has 17 heavy (non-hydrogen) atoms. The summed E-state index contributed by atoms with van der Waals surface area (Å²) < 4.78 is 0. The highest BCUT2D eigenvalue weighted by atomic mass is 16.6. The fourth-order valence-corrected chi connectivity index (χ4v) is 1.87. The normalized spacial score (nSPS) is 22.9. The van der Waals surface area contributed by atoms with E-state index >= 15 is 0 Å². The molecule has 90 valence electrons. The minimum Gasteiger partial charge on any atom is -0.381 e. The van der Waals surface area contributed by atoms with Gasteiger partial charge >= 0.3 is 0 Å². The molecule has 1 aliphatic rings. The van der Waals surface area contributed by atoms with Gasteiger partial charge in [0, 0.05) is 14.1 Å². The van der Waals surface area contributed by atoms with Gasteiger partial charge < -0.3 is 9.74 Å². The highest BCUT2D eigenvalue weighted by molar-refractivity contribution is 6.05. The first-order valence-corrected chi connectivity index (χ1v) is 5.61. The van der Waals surface area contributed by atoms with Crippen LogP contribution in [0.2, 0.25) is 0 Å². The van der Waals surface area contributed by atoms with Crippen molar-refractivity contribution in [2.45, 2.75) is 13.0 Å². The van der Waals surface area contributed by atoms with Crippen LogP contribution in [0.5, 0.6) is 0 Å². The molecule has 0 aromatic heterocycles. The average molecular weight is 232 g/mol. The molecule has 4 heteroatoms. The second-order valence-electron chi connectivity index (χ2n) is 4.39. The van der Waals surface area contributed by atoms with Crippen LogP contribution in [0.1, 0.15) is 12.5 Å². The maximum absolute atomic E-state index is 11.9. The van der Waals surface area contributed by atoms with Gasteiger partial charge in [0.15, 0.2) is 0 Å². The lowest BCUT2D eigenvalue weighted by Gasteiger charge is -2.18. The molecule has 1 amide bonds. The van der Waals surface area contributed by atoms with Crippen LogP contribution in [0.3, 0.4) is 0 Å². The zero-order valence-corrected chi connectivity index (χ0v) is 10.3. The Hall–Kier alpha value is -1.84. The molecule has 1 heterocycles. The summed E-state index contributed by atoms with van der Waals surface area (Å²) >= 11 is 0. The molecule has 0 unspecified atom stereocenters. The van der Waals surface area contributed by atoms with Gasteiger partial charge in [-0.05, 0) is 5.56 Å². The molecule has 0 spiro atoms. The van der Waals surface area contributed by atoms with Gasteiger partial charge in [-0.15, -0.1) is 0 Å². The van der Waals surface area contributed by atoms with E-state index < -0.39 is 6.10 Å². The van der Waals surface area contributed by atoms with Crippen molar-refractivity contribution in [3.63, 3.8) is 0 Å². The van der Waals surface area contributed by atoms with Crippen LogP contribution in [0, 0.1) is 5.92 Å². The third-order valence-corrected chi connectivity index (χ3v) is 2.90. The lowest BCUT2D eigenvalue weighted by atomic mass is 9.93. The first kappa shape index (κ1) is 11.6. The van der Waals surface area contributed by atoms with Crippen LogP contribution >= 0.6 is 0 Å². The Bertz CT molecular complexity index is 440. The Labute approximate surface area is 101 Å². The van der Waals surface area contributed by atoms with Crippen molar-refractivity contribution in [2.75, 3.05) is 14.1 Å². The van der Waals surface area contributed by atoms with Gasteiger partial charge in [0.25, 0.3) is 5.91 Å². The molecule has 0 fully saturated rings. The van der Waals surface area contributed by atoms with Gasteiger partial charge in [0.1, 0.15) is 0 Å². The van der Waals surface area contributed by atoms with Crippen LogP contribution in [0.25, 0.3) is 0 Å². The molecular formula is C13H16N2O2. The number of likely N-dealkylation sites (N-methyl/N-ethyl adjacent to an activating group) is 1. The maximum atomic E-state index is 11.9. The fourth-order valence-electron chi connectivity index (χ4n) is 1.87. The standard InChI is InChI=1S/C13H16N2O2/c1-9-11(10-7-5-4-6-8-10)14-17-12(9)13(16)15(2)3/h4-9,12H,1-3H3/t9-,12-/m1/s1. The molecule has 0 radical (unpaired) electrons. The molecule has 0 N–H and O–H groups in total. The maximum Gasteiger partial charge on any atom is 0.266 e. The Kier molecular flexibility index (Phi) is 3.13. The summed E-state index contributed by atoms with van der Waals surface area (Å²) in [6.45, 7) is 1.96. The minimum atomic E-state index is -0.500. The lowest BCUT2D eigenvalue weighted by Crippen LogP contribution is -2.38. The molecule has 2 atom stereocenters. The van der Waals surface area contributed by atoms with Crippen molar-refractivity contribution in [1.29, 1.82) is 0 Å². The van der Waals surface area contributed by atoms with Gasteiger partial charge in [-0.1, -0.05) is 42.4 Å². The molecular weight excluding hydrogens is 216 g/mol. The van der Waals surface area contributed by atoms with Crippen LogP contribution in [0.15, 0.2) is 35.5 Å². The lowest BCUT2D eigenvalue weighted by molar-refractivity contribution is -0.141. The quantitative estimate of drug-likeness (QED) is 0.775. The number of hydrogen-bond acceptors (Lipinski definition) is 3. The largest absolute Gasteiger partial charge is 0.381 e. The number of nitrogens with zero attached hydrogens (tertiary/aromatic N) is 2. The van der Waals surface area contributed by atoms with Crippen molar-refractivity contribution >= 4 is 11.6 Å². The highest BCUT2D eigenvalue weighted by Crippen LogP contribution is 2.23. The van der Waals surface area contributed by atoms with Crippen molar-refractivity contribution < 1.29 is 9.63 Å². The van der Waals surface area contributed by atoms with Crippen molar-refractivity contribution in [1.82, 2.24) is 4.90 Å². The summed E-state index contributed by atoms with van der Waals surface area (Å²) in [5.74, 6) is -0.0699. The average Bonchev–Trinajstić information content (AvgIpc) is 2.71. The van der Waals surface area contributed by atoms with Crippen molar-refractivity contribution in [3.05, 3.63) is 35.9 Å². The van der Waals surface area contributed by atoms with Crippen molar-refractivity contribution in [3.8, 4) is 0 Å². The summed E-state index contributed by atoms with van der Waals surface area (Å²) in [6.07, 6.45) is -0.500. The van der Waals surface area contributed by atoms with Gasteiger partial charge in [-0.25, -0.2) is 0 Å². The fraction of sp³-hybridized carbons (Fsp3) is 0.385. The SMILES string of the molecule is C[C@@H]1C(c2ccccc2)=NO[C@H]1C(=O)N(C)C. The molecule has 2 rings (SSSR count). The Morgan fingerprint density at radius 1 is 1.29 bits per heavy atom. The summed E-state index contributed by atoms with van der Waals surface area (Å²) in [7, 11) is 3.44. The second kappa shape index (κ2) is 4.57. The second-order valence-corrected chi connectivity index (χ2v) is 4.39. The van der Waals surface area contributed by atoms with E-state index in [-0.39, 0.29) is 11.8 Å². The van der Waals surface area contributed by atoms with E-state index in [0.29, 0.717) is 0 Å². The number of oxime groups is 1. The number of carbonyl (C=O) groups excluding carboxylic acids is 1. The Morgan fingerprint density at radius 3 is 2.53 bits per heavy atom. The van der Waals surface area contributed by atoms with E-state index in [1.165, 1.54) is 4.90 Å². The number of benzene rings is 1. The topological polar surface area (TPSA) is 41.9 Å². The third-order valence-electron chi connectivity index (χ3n) is 2.90. The Balaban J connectivity index is 2.18. The van der Waals surface area contributed by atoms with Gasteiger partial charge in [0.2, 0.25) is 6.10 Å². The van der Waals surface area contributed by atoms with E-state index in [1.807, 2.05) is 37.3 Å². The van der Waals surface area contributed by atoms with Crippen LogP contribution in [-0.4, -0.2) is 36.7 Å². The van der Waals surface area contributed by atoms with Gasteiger partial charge in [-0.2, -0.15) is 0 Å². The molecule has 1 aliphatic heterocycles. The summed E-state index contributed by atoms with van der Waals surface area (Å²) in [5, 5.41) is 4.04. The molecule has 1 aromatic carbocycles. The molecule has 0 saturated carbocycles.